The predicted molar refractivity (Wildman–Crippen MR) is 95.4 cm³/mol. The van der Waals surface area contributed by atoms with Crippen LogP contribution in [0.1, 0.15) is 34.1 Å². The largest absolute Gasteiger partial charge is 0.490 e. The van der Waals surface area contributed by atoms with Crippen molar-refractivity contribution in [1.29, 1.82) is 0 Å². The van der Waals surface area contributed by atoms with Gasteiger partial charge in [0.05, 0.1) is 12.7 Å². The molecule has 2 rings (SSSR count). The van der Waals surface area contributed by atoms with Crippen molar-refractivity contribution >= 4 is 11.9 Å². The molecule has 26 heavy (non-hydrogen) atoms. The van der Waals surface area contributed by atoms with Crippen LogP contribution < -0.4 is 14.8 Å². The summed E-state index contributed by atoms with van der Waals surface area (Å²) < 4.78 is 16.6. The number of aliphatic carboxylic acids is 1. The maximum Gasteiger partial charge on any atom is 0.330 e. The van der Waals surface area contributed by atoms with E-state index in [-0.39, 0.29) is 19.1 Å². The lowest BCUT2D eigenvalue weighted by Crippen LogP contribution is -2.76. The molecular weight excluding hydrogens is 338 g/mol. The van der Waals surface area contributed by atoms with Gasteiger partial charge in [0.15, 0.2) is 18.1 Å². The molecule has 1 aliphatic carbocycles. The lowest BCUT2D eigenvalue weighted by atomic mass is 9.54. The highest BCUT2D eigenvalue weighted by atomic mass is 16.5. The summed E-state index contributed by atoms with van der Waals surface area (Å²) in [5.41, 5.74) is -2.10. The lowest BCUT2D eigenvalue weighted by molar-refractivity contribution is -0.194. The second kappa shape index (κ2) is 7.95. The molecule has 7 nitrogen and oxygen atoms in total. The lowest BCUT2D eigenvalue weighted by Gasteiger charge is -2.58. The molecule has 1 amide bonds. The first-order valence-corrected chi connectivity index (χ1v) is 8.79. The van der Waals surface area contributed by atoms with Gasteiger partial charge in [-0.15, -0.1) is 0 Å². The highest BCUT2D eigenvalue weighted by Crippen LogP contribution is 2.51. The van der Waals surface area contributed by atoms with Crippen molar-refractivity contribution in [2.75, 3.05) is 19.8 Å². The van der Waals surface area contributed by atoms with Gasteiger partial charge in [-0.2, -0.15) is 0 Å². The van der Waals surface area contributed by atoms with E-state index in [2.05, 4.69) is 5.32 Å². The highest BCUT2D eigenvalue weighted by molar-refractivity contribution is 5.90. The molecule has 1 aromatic rings. The van der Waals surface area contributed by atoms with Crippen molar-refractivity contribution in [2.45, 2.75) is 45.8 Å². The van der Waals surface area contributed by atoms with E-state index < -0.39 is 22.8 Å². The Morgan fingerprint density at radius 1 is 1.15 bits per heavy atom. The van der Waals surface area contributed by atoms with Crippen LogP contribution in [0.2, 0.25) is 0 Å². The molecule has 0 bridgehead atoms. The number of hydrogen-bond acceptors (Lipinski definition) is 5. The molecule has 2 atom stereocenters. The number of hydrogen-bond donors (Lipinski definition) is 2. The number of ether oxygens (including phenoxy) is 3. The minimum absolute atomic E-state index is 0.219. The third-order valence-corrected chi connectivity index (χ3v) is 4.99. The fourth-order valence-electron chi connectivity index (χ4n) is 3.30. The normalized spacial score (nSPS) is 23.6. The Balaban J connectivity index is 2.03. The van der Waals surface area contributed by atoms with E-state index in [1.54, 1.807) is 32.0 Å². The molecule has 0 radical (unpaired) electrons. The molecule has 144 valence electrons. The van der Waals surface area contributed by atoms with E-state index in [1.807, 2.05) is 19.9 Å². The van der Waals surface area contributed by atoms with Gasteiger partial charge in [-0.05, 0) is 26.0 Å². The van der Waals surface area contributed by atoms with E-state index in [1.165, 1.54) is 0 Å². The topological polar surface area (TPSA) is 94.1 Å². The Morgan fingerprint density at radius 3 is 2.27 bits per heavy atom. The van der Waals surface area contributed by atoms with Crippen molar-refractivity contribution in [3.8, 4) is 11.5 Å². The quantitative estimate of drug-likeness (QED) is 0.697. The van der Waals surface area contributed by atoms with Crippen molar-refractivity contribution in [1.82, 2.24) is 5.32 Å². The molecule has 0 spiro atoms. The fourth-order valence-corrected chi connectivity index (χ4v) is 3.30. The van der Waals surface area contributed by atoms with Gasteiger partial charge in [-0.1, -0.05) is 26.0 Å². The van der Waals surface area contributed by atoms with Crippen LogP contribution in [-0.2, 0) is 14.3 Å². The number of benzene rings is 1. The first-order valence-electron chi connectivity index (χ1n) is 8.79. The first-order chi connectivity index (χ1) is 12.3. The van der Waals surface area contributed by atoms with E-state index in [4.69, 9.17) is 14.2 Å². The zero-order chi connectivity index (χ0) is 19.4. The van der Waals surface area contributed by atoms with E-state index in [0.717, 1.165) is 0 Å². The number of nitrogens with one attached hydrogen (secondary N) is 1. The average molecular weight is 365 g/mol. The fraction of sp³-hybridized carbons (Fsp3) is 0.579. The van der Waals surface area contributed by atoms with Gasteiger partial charge < -0.3 is 24.6 Å². The van der Waals surface area contributed by atoms with Gasteiger partial charge in [-0.3, -0.25) is 4.79 Å². The number of amides is 1. The van der Waals surface area contributed by atoms with Crippen LogP contribution in [0.5, 0.6) is 11.5 Å². The van der Waals surface area contributed by atoms with Crippen molar-refractivity contribution in [3.05, 3.63) is 24.3 Å². The summed E-state index contributed by atoms with van der Waals surface area (Å²) in [5.74, 6) is -0.590. The van der Waals surface area contributed by atoms with Gasteiger partial charge in [0, 0.05) is 18.4 Å². The second-order valence-electron chi connectivity index (χ2n) is 6.80. The number of carboxylic acids is 1. The predicted octanol–water partition coefficient (Wildman–Crippen LogP) is 2.24. The summed E-state index contributed by atoms with van der Waals surface area (Å²) in [6, 6.07) is 7.03. The van der Waals surface area contributed by atoms with Crippen LogP contribution in [0.3, 0.4) is 0 Å². The SMILES string of the molecule is CCOc1ccccc1OCC(=O)NC1(C(=O)O)CC(OCC)C1(C)C. The van der Waals surface area contributed by atoms with E-state index in [0.29, 0.717) is 24.7 Å². The maximum atomic E-state index is 12.4. The Hall–Kier alpha value is -2.28. The van der Waals surface area contributed by atoms with Gasteiger partial charge in [0.2, 0.25) is 0 Å². The molecule has 0 aromatic heterocycles. The Bertz CT molecular complexity index is 659. The van der Waals surface area contributed by atoms with Crippen molar-refractivity contribution < 1.29 is 28.9 Å². The highest BCUT2D eigenvalue weighted by Gasteiger charge is 2.66. The third kappa shape index (κ3) is 3.62. The number of carboxylic acid groups (broad SMARTS) is 1. The van der Waals surface area contributed by atoms with Crippen molar-refractivity contribution in [2.24, 2.45) is 5.41 Å². The Labute approximate surface area is 153 Å². The summed E-state index contributed by atoms with van der Waals surface area (Å²) in [5, 5.41) is 12.4. The van der Waals surface area contributed by atoms with Crippen LogP contribution >= 0.6 is 0 Å². The van der Waals surface area contributed by atoms with Gasteiger partial charge >= 0.3 is 5.97 Å². The monoisotopic (exact) mass is 365 g/mol. The van der Waals surface area contributed by atoms with Crippen LogP contribution in [0.25, 0.3) is 0 Å². The zero-order valence-electron chi connectivity index (χ0n) is 15.7. The molecule has 2 unspecified atom stereocenters. The van der Waals surface area contributed by atoms with Gasteiger partial charge in [-0.25, -0.2) is 4.79 Å². The third-order valence-electron chi connectivity index (χ3n) is 4.99. The molecular formula is C19H27NO6. The number of carbonyl (C=O) groups excluding carboxylic acids is 1. The molecule has 2 N–H and O–H groups in total. The summed E-state index contributed by atoms with van der Waals surface area (Å²) in [7, 11) is 0. The minimum Gasteiger partial charge on any atom is -0.490 e. The number of carbonyl (C=O) groups is 2. The van der Waals surface area contributed by atoms with Gasteiger partial charge in [0.1, 0.15) is 5.54 Å². The van der Waals surface area contributed by atoms with E-state index >= 15 is 0 Å². The van der Waals surface area contributed by atoms with Crippen LogP contribution in [0, 0.1) is 5.41 Å². The smallest absolute Gasteiger partial charge is 0.330 e. The van der Waals surface area contributed by atoms with Crippen LogP contribution in [0.4, 0.5) is 0 Å². The summed E-state index contributed by atoms with van der Waals surface area (Å²) >= 11 is 0. The Morgan fingerprint density at radius 2 is 1.77 bits per heavy atom. The summed E-state index contributed by atoms with van der Waals surface area (Å²) in [6.45, 7) is 7.96. The molecule has 1 aromatic carbocycles. The molecule has 0 saturated heterocycles. The number of para-hydroxylation sites is 2. The molecule has 1 saturated carbocycles. The summed E-state index contributed by atoms with van der Waals surface area (Å²) in [4.78, 5) is 24.3. The van der Waals surface area contributed by atoms with E-state index in [9.17, 15) is 14.7 Å². The first kappa shape index (κ1) is 20.0. The second-order valence-corrected chi connectivity index (χ2v) is 6.80. The molecule has 1 fully saturated rings. The average Bonchev–Trinajstić information content (AvgIpc) is 2.59. The molecule has 0 aliphatic heterocycles. The summed E-state index contributed by atoms with van der Waals surface area (Å²) in [6.07, 6.45) is 0.00765. The Kier molecular flexibility index (Phi) is 6.13. The van der Waals surface area contributed by atoms with Crippen LogP contribution in [0.15, 0.2) is 24.3 Å². The van der Waals surface area contributed by atoms with Gasteiger partial charge in [0.25, 0.3) is 5.91 Å². The maximum absolute atomic E-state index is 12.4. The molecule has 1 aliphatic rings. The van der Waals surface area contributed by atoms with Crippen molar-refractivity contribution in [3.63, 3.8) is 0 Å². The molecule has 0 heterocycles. The molecule has 7 heteroatoms. The number of rotatable bonds is 9. The minimum atomic E-state index is -1.37. The zero-order valence-corrected chi connectivity index (χ0v) is 15.7. The standard InChI is InChI=1S/C19H27NO6/c1-5-24-13-9-7-8-10-14(13)26-12-16(21)20-19(17(22)23)11-15(25-6-2)18(19,3)4/h7-10,15H,5-6,11-12H2,1-4H3,(H,20,21)(H,22,23). The van der Waals surface area contributed by atoms with Crippen LogP contribution in [-0.4, -0.2) is 48.4 Å².